The smallest absolute Gasteiger partial charge is 0.253 e. The minimum absolute atomic E-state index is 0.0386. The van der Waals surface area contributed by atoms with Crippen LogP contribution in [-0.4, -0.2) is 69.0 Å². The van der Waals surface area contributed by atoms with Crippen LogP contribution in [0.3, 0.4) is 0 Å². The van der Waals surface area contributed by atoms with Crippen molar-refractivity contribution in [3.05, 3.63) is 59.7 Å². The first kappa shape index (κ1) is 21.7. The Morgan fingerprint density at radius 3 is 2.61 bits per heavy atom. The molecule has 1 atom stereocenters. The molecule has 1 N–H and O–H groups in total. The van der Waals surface area contributed by atoms with Gasteiger partial charge in [-0.3, -0.25) is 4.79 Å². The normalized spacial score (nSPS) is 21.7. The predicted octanol–water partition coefficient (Wildman–Crippen LogP) is 2.99. The van der Waals surface area contributed by atoms with Crippen LogP contribution in [0.15, 0.2) is 48.5 Å². The van der Waals surface area contributed by atoms with E-state index in [1.807, 2.05) is 47.4 Å². The summed E-state index contributed by atoms with van der Waals surface area (Å²) in [6.45, 7) is 4.58. The molecule has 6 heteroatoms. The van der Waals surface area contributed by atoms with Gasteiger partial charge < -0.3 is 24.4 Å². The highest BCUT2D eigenvalue weighted by Gasteiger charge is 2.37. The number of likely N-dealkylation sites (tertiary alicyclic amines) is 1. The Labute approximate surface area is 184 Å². The number of aliphatic hydroxyl groups excluding tert-OH is 1. The molecule has 2 aromatic rings. The molecule has 4 rings (SSSR count). The van der Waals surface area contributed by atoms with E-state index in [-0.39, 0.29) is 17.9 Å². The molecular formula is C25H32N2O4. The van der Waals surface area contributed by atoms with Crippen LogP contribution in [0.4, 0.5) is 5.69 Å². The van der Waals surface area contributed by atoms with Crippen LogP contribution >= 0.6 is 0 Å². The van der Waals surface area contributed by atoms with Gasteiger partial charge in [0.2, 0.25) is 0 Å². The molecule has 0 saturated carbocycles. The Morgan fingerprint density at radius 2 is 1.90 bits per heavy atom. The van der Waals surface area contributed by atoms with Gasteiger partial charge in [-0.1, -0.05) is 12.1 Å². The third-order valence-electron chi connectivity index (χ3n) is 6.49. The van der Waals surface area contributed by atoms with Crippen molar-refractivity contribution in [2.45, 2.75) is 19.3 Å². The lowest BCUT2D eigenvalue weighted by Gasteiger charge is -2.42. The van der Waals surface area contributed by atoms with Crippen molar-refractivity contribution in [1.82, 2.24) is 4.90 Å². The van der Waals surface area contributed by atoms with Gasteiger partial charge in [-0.15, -0.1) is 0 Å². The van der Waals surface area contributed by atoms with Crippen molar-refractivity contribution in [3.8, 4) is 5.75 Å². The van der Waals surface area contributed by atoms with Crippen LogP contribution in [0, 0.1) is 5.41 Å². The third-order valence-corrected chi connectivity index (χ3v) is 6.49. The summed E-state index contributed by atoms with van der Waals surface area (Å²) in [5, 5.41) is 10.3. The summed E-state index contributed by atoms with van der Waals surface area (Å²) in [6, 6.07) is 15.9. The molecule has 2 saturated heterocycles. The fourth-order valence-electron chi connectivity index (χ4n) is 4.74. The maximum atomic E-state index is 13.2. The molecule has 166 valence electrons. The molecule has 1 amide bonds. The fraction of sp³-hybridized carbons (Fsp3) is 0.480. The average molecular weight is 425 g/mol. The summed E-state index contributed by atoms with van der Waals surface area (Å²) in [7, 11) is 1.66. The zero-order valence-electron chi connectivity index (χ0n) is 18.3. The number of benzene rings is 2. The molecule has 2 aliphatic rings. The number of ether oxygens (including phenoxy) is 2. The Morgan fingerprint density at radius 1 is 1.13 bits per heavy atom. The number of carbonyl (C=O) groups is 1. The molecule has 0 radical (unpaired) electrons. The fourth-order valence-corrected chi connectivity index (χ4v) is 4.74. The SMILES string of the molecule is COc1cccc(C[C@]2(CO)CCCN(C(=O)c3ccc(N4CCOCC4)cc3)C2)c1. The van der Waals surface area contributed by atoms with E-state index in [1.165, 1.54) is 0 Å². The lowest BCUT2D eigenvalue weighted by Crippen LogP contribution is -2.49. The van der Waals surface area contributed by atoms with Gasteiger partial charge >= 0.3 is 0 Å². The maximum absolute atomic E-state index is 13.2. The van der Waals surface area contributed by atoms with Crippen molar-refractivity contribution in [2.24, 2.45) is 5.41 Å². The highest BCUT2D eigenvalue weighted by Crippen LogP contribution is 2.35. The van der Waals surface area contributed by atoms with Crippen molar-refractivity contribution in [2.75, 3.05) is 58.0 Å². The van der Waals surface area contributed by atoms with Crippen molar-refractivity contribution < 1.29 is 19.4 Å². The quantitative estimate of drug-likeness (QED) is 0.773. The Bertz CT molecular complexity index is 879. The van der Waals surface area contributed by atoms with Gasteiger partial charge in [0.25, 0.3) is 5.91 Å². The number of hydrogen-bond donors (Lipinski definition) is 1. The first-order chi connectivity index (χ1) is 15.1. The molecule has 0 aliphatic carbocycles. The number of aliphatic hydroxyl groups is 1. The van der Waals surface area contributed by atoms with Gasteiger partial charge in [0, 0.05) is 42.8 Å². The molecule has 0 unspecified atom stereocenters. The first-order valence-corrected chi connectivity index (χ1v) is 11.1. The van der Waals surface area contributed by atoms with E-state index in [0.717, 1.165) is 69.1 Å². The van der Waals surface area contributed by atoms with Gasteiger partial charge in [-0.2, -0.15) is 0 Å². The molecule has 31 heavy (non-hydrogen) atoms. The molecule has 0 spiro atoms. The second-order valence-electron chi connectivity index (χ2n) is 8.66. The zero-order valence-corrected chi connectivity index (χ0v) is 18.3. The van der Waals surface area contributed by atoms with E-state index in [0.29, 0.717) is 12.1 Å². The number of carbonyl (C=O) groups excluding carboxylic acids is 1. The summed E-state index contributed by atoms with van der Waals surface area (Å²) in [5.74, 6) is 0.853. The lowest BCUT2D eigenvalue weighted by molar-refractivity contribution is 0.0271. The van der Waals surface area contributed by atoms with Gasteiger partial charge in [0.1, 0.15) is 5.75 Å². The lowest BCUT2D eigenvalue weighted by atomic mass is 9.75. The van der Waals surface area contributed by atoms with Crippen LogP contribution < -0.4 is 9.64 Å². The van der Waals surface area contributed by atoms with Gasteiger partial charge in [0.15, 0.2) is 0 Å². The minimum Gasteiger partial charge on any atom is -0.497 e. The van der Waals surface area contributed by atoms with Gasteiger partial charge in [-0.05, 0) is 61.2 Å². The summed E-state index contributed by atoms with van der Waals surface area (Å²) < 4.78 is 10.8. The molecule has 2 heterocycles. The standard InChI is InChI=1S/C25H32N2O4/c1-30-23-5-2-4-20(16-23)17-25(19-28)10-3-11-27(18-25)24(29)21-6-8-22(9-7-21)26-12-14-31-15-13-26/h2,4-9,16,28H,3,10-15,17-19H2,1H3/t25-/m1/s1. The highest BCUT2D eigenvalue weighted by atomic mass is 16.5. The zero-order chi connectivity index (χ0) is 21.7. The second kappa shape index (κ2) is 9.71. The van der Waals surface area contributed by atoms with Gasteiger partial charge in [-0.25, -0.2) is 0 Å². The number of methoxy groups -OCH3 is 1. The monoisotopic (exact) mass is 424 g/mol. The third kappa shape index (κ3) is 5.02. The number of rotatable bonds is 6. The summed E-state index contributed by atoms with van der Waals surface area (Å²) in [6.07, 6.45) is 2.52. The van der Waals surface area contributed by atoms with E-state index in [4.69, 9.17) is 9.47 Å². The van der Waals surface area contributed by atoms with Crippen LogP contribution in [0.1, 0.15) is 28.8 Å². The first-order valence-electron chi connectivity index (χ1n) is 11.1. The van der Waals surface area contributed by atoms with Crippen molar-refractivity contribution >= 4 is 11.6 Å². The summed E-state index contributed by atoms with van der Waals surface area (Å²) >= 11 is 0. The number of anilines is 1. The molecule has 2 fully saturated rings. The summed E-state index contributed by atoms with van der Waals surface area (Å²) in [4.78, 5) is 17.4. The molecule has 0 bridgehead atoms. The van der Waals surface area contributed by atoms with Crippen molar-refractivity contribution in [1.29, 1.82) is 0 Å². The Kier molecular flexibility index (Phi) is 6.78. The topological polar surface area (TPSA) is 62.2 Å². The number of morpholine rings is 1. The van der Waals surface area contributed by atoms with E-state index in [1.54, 1.807) is 7.11 Å². The van der Waals surface area contributed by atoms with Crippen LogP contribution in [-0.2, 0) is 11.2 Å². The molecular weight excluding hydrogens is 392 g/mol. The van der Waals surface area contributed by atoms with E-state index in [2.05, 4.69) is 11.0 Å². The van der Waals surface area contributed by atoms with Crippen molar-refractivity contribution in [3.63, 3.8) is 0 Å². The number of hydrogen-bond acceptors (Lipinski definition) is 5. The number of piperidine rings is 1. The van der Waals surface area contributed by atoms with Crippen LogP contribution in [0.25, 0.3) is 0 Å². The van der Waals surface area contributed by atoms with Crippen LogP contribution in [0.2, 0.25) is 0 Å². The Hall–Kier alpha value is -2.57. The molecule has 6 nitrogen and oxygen atoms in total. The number of amides is 1. The molecule has 2 aliphatic heterocycles. The maximum Gasteiger partial charge on any atom is 0.253 e. The Balaban J connectivity index is 1.45. The largest absolute Gasteiger partial charge is 0.497 e. The predicted molar refractivity (Wildman–Crippen MR) is 121 cm³/mol. The van der Waals surface area contributed by atoms with E-state index < -0.39 is 0 Å². The molecule has 0 aromatic heterocycles. The second-order valence-corrected chi connectivity index (χ2v) is 8.66. The minimum atomic E-state index is -0.325. The summed E-state index contributed by atoms with van der Waals surface area (Å²) in [5.41, 5.74) is 2.62. The highest BCUT2D eigenvalue weighted by molar-refractivity contribution is 5.94. The van der Waals surface area contributed by atoms with E-state index >= 15 is 0 Å². The van der Waals surface area contributed by atoms with Crippen LogP contribution in [0.5, 0.6) is 5.75 Å². The van der Waals surface area contributed by atoms with E-state index in [9.17, 15) is 9.90 Å². The van der Waals surface area contributed by atoms with Gasteiger partial charge in [0.05, 0.1) is 26.9 Å². The number of nitrogens with zero attached hydrogens (tertiary/aromatic N) is 2. The molecule has 2 aromatic carbocycles. The average Bonchev–Trinajstić information content (AvgIpc) is 2.84.